The fourth-order valence-corrected chi connectivity index (χ4v) is 4.46. The third kappa shape index (κ3) is 4.36. The molecule has 0 unspecified atom stereocenters. The Balaban J connectivity index is 1.76. The number of rotatable bonds is 3. The van der Waals surface area contributed by atoms with E-state index in [1.807, 2.05) is 56.8 Å². The Labute approximate surface area is 158 Å². The highest BCUT2D eigenvalue weighted by Gasteiger charge is 2.21. The number of thiazole rings is 1. The average Bonchev–Trinajstić information content (AvgIpc) is 2.97. The molecule has 2 aromatic rings. The lowest BCUT2D eigenvalue weighted by atomic mass is 9.95. The maximum atomic E-state index is 12.1. The van der Waals surface area contributed by atoms with E-state index in [1.54, 1.807) is 11.3 Å². The summed E-state index contributed by atoms with van der Waals surface area (Å²) in [6.45, 7) is 10.0. The van der Waals surface area contributed by atoms with Crippen LogP contribution in [-0.4, -0.2) is 35.5 Å². The molecule has 1 aliphatic rings. The number of aryl methyl sites for hydroxylation is 1. The van der Waals surface area contributed by atoms with Gasteiger partial charge in [-0.15, -0.1) is 11.3 Å². The van der Waals surface area contributed by atoms with Gasteiger partial charge in [0, 0.05) is 46.1 Å². The fraction of sp³-hybridized carbons (Fsp3) is 0.474. The highest BCUT2D eigenvalue weighted by Crippen LogP contribution is 2.34. The summed E-state index contributed by atoms with van der Waals surface area (Å²) < 4.78 is 0. The minimum atomic E-state index is -0.397. The van der Waals surface area contributed by atoms with Crippen LogP contribution < -0.4 is 10.2 Å². The lowest BCUT2D eigenvalue weighted by Gasteiger charge is -2.25. The number of hydrogen-bond donors (Lipinski definition) is 1. The molecule has 1 saturated heterocycles. The number of nitrogens with one attached hydrogen (secondary N) is 1. The summed E-state index contributed by atoms with van der Waals surface area (Å²) in [4.78, 5) is 20.6. The molecular weight excluding hydrogens is 350 g/mol. The zero-order chi connectivity index (χ0) is 18.0. The molecule has 1 aromatic carbocycles. The predicted molar refractivity (Wildman–Crippen MR) is 110 cm³/mol. The molecule has 25 heavy (non-hydrogen) atoms. The van der Waals surface area contributed by atoms with Crippen molar-refractivity contribution in [3.8, 4) is 11.3 Å². The summed E-state index contributed by atoms with van der Waals surface area (Å²) in [6.07, 6.45) is 0. The van der Waals surface area contributed by atoms with Crippen molar-refractivity contribution < 1.29 is 4.79 Å². The lowest BCUT2D eigenvalue weighted by Crippen LogP contribution is -2.32. The van der Waals surface area contributed by atoms with Gasteiger partial charge in [0.1, 0.15) is 0 Å². The van der Waals surface area contributed by atoms with Crippen LogP contribution in [0.15, 0.2) is 24.3 Å². The molecule has 4 nitrogen and oxygen atoms in total. The maximum absolute atomic E-state index is 12.1. The van der Waals surface area contributed by atoms with E-state index >= 15 is 0 Å². The van der Waals surface area contributed by atoms with Crippen LogP contribution >= 0.6 is 23.1 Å². The SMILES string of the molecule is Cc1sc(N2CCSCC2)nc1-c1ccc(NC(=O)C(C)(C)C)cc1. The Bertz CT molecular complexity index is 741. The monoisotopic (exact) mass is 375 g/mol. The molecular formula is C19H25N3OS2. The number of carbonyl (C=O) groups is 1. The predicted octanol–water partition coefficient (Wildman–Crippen LogP) is 4.66. The molecule has 1 fully saturated rings. The number of carbonyl (C=O) groups excluding carboxylic acids is 1. The first kappa shape index (κ1) is 18.3. The quantitative estimate of drug-likeness (QED) is 0.848. The number of amides is 1. The van der Waals surface area contributed by atoms with E-state index in [0.29, 0.717) is 0 Å². The van der Waals surface area contributed by atoms with Gasteiger partial charge < -0.3 is 10.2 Å². The number of nitrogens with zero attached hydrogens (tertiary/aromatic N) is 2. The molecule has 6 heteroatoms. The lowest BCUT2D eigenvalue weighted by molar-refractivity contribution is -0.123. The van der Waals surface area contributed by atoms with Gasteiger partial charge >= 0.3 is 0 Å². The van der Waals surface area contributed by atoms with Gasteiger partial charge in [-0.3, -0.25) is 4.79 Å². The van der Waals surface area contributed by atoms with Crippen molar-refractivity contribution in [2.24, 2.45) is 5.41 Å². The van der Waals surface area contributed by atoms with Gasteiger partial charge in [0.25, 0.3) is 0 Å². The van der Waals surface area contributed by atoms with Crippen LogP contribution in [0, 0.1) is 12.3 Å². The summed E-state index contributed by atoms with van der Waals surface area (Å²) in [7, 11) is 0. The van der Waals surface area contributed by atoms with Crippen LogP contribution in [0.5, 0.6) is 0 Å². The molecule has 0 radical (unpaired) electrons. The van der Waals surface area contributed by atoms with E-state index in [4.69, 9.17) is 4.98 Å². The van der Waals surface area contributed by atoms with Crippen LogP contribution in [-0.2, 0) is 4.79 Å². The summed E-state index contributed by atoms with van der Waals surface area (Å²) in [5.41, 5.74) is 2.57. The summed E-state index contributed by atoms with van der Waals surface area (Å²) in [5.74, 6) is 2.38. The topological polar surface area (TPSA) is 45.2 Å². The van der Waals surface area contributed by atoms with Crippen molar-refractivity contribution in [3.05, 3.63) is 29.1 Å². The smallest absolute Gasteiger partial charge is 0.229 e. The van der Waals surface area contributed by atoms with E-state index in [1.165, 1.54) is 16.4 Å². The number of anilines is 2. The van der Waals surface area contributed by atoms with E-state index in [2.05, 4.69) is 17.1 Å². The van der Waals surface area contributed by atoms with E-state index in [0.717, 1.165) is 35.2 Å². The molecule has 0 spiro atoms. The Morgan fingerprint density at radius 3 is 2.40 bits per heavy atom. The van der Waals surface area contributed by atoms with Crippen molar-refractivity contribution in [1.82, 2.24) is 4.98 Å². The molecule has 3 rings (SSSR count). The summed E-state index contributed by atoms with van der Waals surface area (Å²) in [5, 5.41) is 4.09. The molecule has 2 heterocycles. The number of aromatic nitrogens is 1. The van der Waals surface area contributed by atoms with E-state index < -0.39 is 5.41 Å². The van der Waals surface area contributed by atoms with Crippen molar-refractivity contribution >= 4 is 39.8 Å². The normalized spacial score (nSPS) is 15.3. The third-order valence-corrected chi connectivity index (χ3v) is 6.14. The first-order chi connectivity index (χ1) is 11.8. The van der Waals surface area contributed by atoms with Gasteiger partial charge in [-0.25, -0.2) is 4.98 Å². The molecule has 0 saturated carbocycles. The molecule has 1 N–H and O–H groups in total. The van der Waals surface area contributed by atoms with Crippen LogP contribution in [0.1, 0.15) is 25.6 Å². The standard InChI is InChI=1S/C19H25N3OS2/c1-13-16(21-18(25-13)22-9-11-24-12-10-22)14-5-7-15(8-6-14)20-17(23)19(2,3)4/h5-8H,9-12H2,1-4H3,(H,20,23). The van der Waals surface area contributed by atoms with Gasteiger partial charge in [0.05, 0.1) is 5.69 Å². The van der Waals surface area contributed by atoms with Crippen molar-refractivity contribution in [2.75, 3.05) is 34.8 Å². The first-order valence-electron chi connectivity index (χ1n) is 8.56. The van der Waals surface area contributed by atoms with Crippen LogP contribution in [0.2, 0.25) is 0 Å². The Morgan fingerprint density at radius 1 is 1.16 bits per heavy atom. The second-order valence-corrected chi connectivity index (χ2v) is 9.69. The maximum Gasteiger partial charge on any atom is 0.229 e. The van der Waals surface area contributed by atoms with Crippen molar-refractivity contribution in [2.45, 2.75) is 27.7 Å². The Morgan fingerprint density at radius 2 is 1.80 bits per heavy atom. The van der Waals surface area contributed by atoms with Crippen LogP contribution in [0.25, 0.3) is 11.3 Å². The molecule has 1 aromatic heterocycles. The van der Waals surface area contributed by atoms with Gasteiger partial charge in [-0.05, 0) is 19.1 Å². The molecule has 1 amide bonds. The zero-order valence-corrected chi connectivity index (χ0v) is 16.9. The highest BCUT2D eigenvalue weighted by atomic mass is 32.2. The van der Waals surface area contributed by atoms with Gasteiger partial charge in [-0.2, -0.15) is 11.8 Å². The van der Waals surface area contributed by atoms with Gasteiger partial charge in [0.2, 0.25) is 5.91 Å². The minimum absolute atomic E-state index is 0.0235. The number of thioether (sulfide) groups is 1. The molecule has 0 atom stereocenters. The van der Waals surface area contributed by atoms with Gasteiger partial charge in [0.15, 0.2) is 5.13 Å². The van der Waals surface area contributed by atoms with Crippen molar-refractivity contribution in [3.63, 3.8) is 0 Å². The number of hydrogen-bond acceptors (Lipinski definition) is 5. The third-order valence-electron chi connectivity index (χ3n) is 4.16. The molecule has 0 aliphatic carbocycles. The second-order valence-electron chi connectivity index (χ2n) is 7.28. The summed E-state index contributed by atoms with van der Waals surface area (Å²) in [6, 6.07) is 7.98. The van der Waals surface area contributed by atoms with Crippen LogP contribution in [0.4, 0.5) is 10.8 Å². The van der Waals surface area contributed by atoms with Crippen LogP contribution in [0.3, 0.4) is 0 Å². The fourth-order valence-electron chi connectivity index (χ4n) is 2.57. The Hall–Kier alpha value is -1.53. The average molecular weight is 376 g/mol. The molecule has 0 bridgehead atoms. The first-order valence-corrected chi connectivity index (χ1v) is 10.5. The molecule has 134 valence electrons. The Kier molecular flexibility index (Phi) is 5.39. The van der Waals surface area contributed by atoms with E-state index in [-0.39, 0.29) is 5.91 Å². The molecule has 1 aliphatic heterocycles. The highest BCUT2D eigenvalue weighted by molar-refractivity contribution is 7.99. The van der Waals surface area contributed by atoms with Crippen molar-refractivity contribution in [1.29, 1.82) is 0 Å². The number of benzene rings is 1. The largest absolute Gasteiger partial charge is 0.346 e. The van der Waals surface area contributed by atoms with Gasteiger partial charge in [-0.1, -0.05) is 32.9 Å². The summed E-state index contributed by atoms with van der Waals surface area (Å²) >= 11 is 3.78. The zero-order valence-electron chi connectivity index (χ0n) is 15.3. The minimum Gasteiger partial charge on any atom is -0.346 e. The van der Waals surface area contributed by atoms with E-state index in [9.17, 15) is 4.79 Å². The second kappa shape index (κ2) is 7.38.